The summed E-state index contributed by atoms with van der Waals surface area (Å²) in [4.78, 5) is 0. The van der Waals surface area contributed by atoms with Crippen LogP contribution in [-0.4, -0.2) is 38.2 Å². The molecular formula is C4H11NO3S. The summed E-state index contributed by atoms with van der Waals surface area (Å²) in [5, 5.41) is 8.21. The van der Waals surface area contributed by atoms with Gasteiger partial charge in [0.25, 0.3) is 0 Å². The molecule has 0 spiro atoms. The predicted molar refractivity (Wildman–Crippen MR) is 34.8 cm³/mol. The summed E-state index contributed by atoms with van der Waals surface area (Å²) >= 11 is 0. The van der Waals surface area contributed by atoms with Gasteiger partial charge in [0.1, 0.15) is 0 Å². The van der Waals surface area contributed by atoms with E-state index in [1.807, 2.05) is 0 Å². The van der Waals surface area contributed by atoms with Crippen LogP contribution in [0.4, 0.5) is 0 Å². The molecule has 0 aliphatic rings. The maximum atomic E-state index is 10.6. The third-order valence-corrected chi connectivity index (χ3v) is 2.49. The lowest BCUT2D eigenvalue weighted by atomic mass is 10.8. The van der Waals surface area contributed by atoms with E-state index in [-0.39, 0.29) is 24.7 Å². The van der Waals surface area contributed by atoms with Gasteiger partial charge in [0.05, 0.1) is 18.1 Å². The highest BCUT2D eigenvalue weighted by molar-refractivity contribution is 7.91. The molecule has 0 aliphatic heterocycles. The van der Waals surface area contributed by atoms with Crippen molar-refractivity contribution in [2.75, 3.05) is 24.7 Å². The topological polar surface area (TPSA) is 80.4 Å². The Bertz CT molecular complexity index is 139. The second-order valence-electron chi connectivity index (χ2n) is 1.66. The molecule has 5 heteroatoms. The number of aliphatic hydroxyl groups excluding tert-OH is 1. The van der Waals surface area contributed by atoms with Gasteiger partial charge in [-0.1, -0.05) is 0 Å². The van der Waals surface area contributed by atoms with Crippen LogP contribution in [-0.2, 0) is 9.84 Å². The van der Waals surface area contributed by atoms with Crippen molar-refractivity contribution in [3.63, 3.8) is 0 Å². The molecule has 0 saturated heterocycles. The van der Waals surface area contributed by atoms with Crippen LogP contribution in [0, 0.1) is 0 Å². The van der Waals surface area contributed by atoms with Crippen molar-refractivity contribution in [1.82, 2.24) is 0 Å². The van der Waals surface area contributed by atoms with E-state index in [4.69, 9.17) is 10.8 Å². The maximum Gasteiger partial charge on any atom is 0.153 e. The van der Waals surface area contributed by atoms with E-state index in [2.05, 4.69) is 0 Å². The van der Waals surface area contributed by atoms with Crippen LogP contribution in [0.15, 0.2) is 0 Å². The highest BCUT2D eigenvalue weighted by Gasteiger charge is 2.06. The highest BCUT2D eigenvalue weighted by atomic mass is 32.2. The van der Waals surface area contributed by atoms with E-state index in [9.17, 15) is 8.42 Å². The Labute approximate surface area is 54.6 Å². The fraction of sp³-hybridized carbons (Fsp3) is 1.00. The Morgan fingerprint density at radius 1 is 1.33 bits per heavy atom. The average molecular weight is 153 g/mol. The third kappa shape index (κ3) is 4.38. The molecule has 4 nitrogen and oxygen atoms in total. The van der Waals surface area contributed by atoms with Gasteiger partial charge in [-0.25, -0.2) is 8.42 Å². The van der Waals surface area contributed by atoms with Gasteiger partial charge in [0.15, 0.2) is 9.84 Å². The fourth-order valence-electron chi connectivity index (χ4n) is 0.421. The Morgan fingerprint density at radius 2 is 1.89 bits per heavy atom. The molecule has 0 atom stereocenters. The summed E-state index contributed by atoms with van der Waals surface area (Å²) in [6.07, 6.45) is 0. The summed E-state index contributed by atoms with van der Waals surface area (Å²) < 4.78 is 21.2. The van der Waals surface area contributed by atoms with E-state index >= 15 is 0 Å². The minimum atomic E-state index is -3.06. The van der Waals surface area contributed by atoms with Gasteiger partial charge in [-0.05, 0) is 0 Å². The van der Waals surface area contributed by atoms with Crippen molar-refractivity contribution in [2.45, 2.75) is 0 Å². The Balaban J connectivity index is 3.73. The molecule has 0 bridgehead atoms. The Kier molecular flexibility index (Phi) is 3.76. The summed E-state index contributed by atoms with van der Waals surface area (Å²) in [6, 6.07) is 0. The summed E-state index contributed by atoms with van der Waals surface area (Å²) in [7, 11) is -3.06. The van der Waals surface area contributed by atoms with E-state index in [1.165, 1.54) is 0 Å². The zero-order valence-corrected chi connectivity index (χ0v) is 5.89. The number of aliphatic hydroxyl groups is 1. The van der Waals surface area contributed by atoms with E-state index in [0.717, 1.165) is 0 Å². The van der Waals surface area contributed by atoms with Crippen molar-refractivity contribution in [1.29, 1.82) is 0 Å². The Hall–Kier alpha value is -0.130. The first-order valence-electron chi connectivity index (χ1n) is 2.64. The zero-order chi connectivity index (χ0) is 7.33. The van der Waals surface area contributed by atoms with Gasteiger partial charge in [-0.2, -0.15) is 0 Å². The smallest absolute Gasteiger partial charge is 0.153 e. The van der Waals surface area contributed by atoms with E-state index in [1.54, 1.807) is 0 Å². The second kappa shape index (κ2) is 3.81. The molecule has 9 heavy (non-hydrogen) atoms. The number of nitrogens with two attached hydrogens (primary N) is 1. The molecule has 0 rings (SSSR count). The molecule has 0 heterocycles. The second-order valence-corrected chi connectivity index (χ2v) is 3.97. The van der Waals surface area contributed by atoms with E-state index < -0.39 is 9.84 Å². The standard InChI is InChI=1S/C4H11NO3S/c5-1-3-9(7,8)4-2-6/h6H,1-5H2. The normalized spacial score (nSPS) is 11.8. The lowest BCUT2D eigenvalue weighted by Gasteiger charge is -1.96. The number of hydrogen-bond acceptors (Lipinski definition) is 4. The number of sulfone groups is 1. The first kappa shape index (κ1) is 8.87. The van der Waals surface area contributed by atoms with E-state index in [0.29, 0.717) is 0 Å². The predicted octanol–water partition coefficient (Wildman–Crippen LogP) is -1.65. The van der Waals surface area contributed by atoms with Crippen LogP contribution >= 0.6 is 0 Å². The van der Waals surface area contributed by atoms with Crippen LogP contribution in [0.3, 0.4) is 0 Å². The minimum Gasteiger partial charge on any atom is -0.395 e. The van der Waals surface area contributed by atoms with Gasteiger partial charge in [0, 0.05) is 6.54 Å². The van der Waals surface area contributed by atoms with Crippen molar-refractivity contribution < 1.29 is 13.5 Å². The molecule has 0 unspecified atom stereocenters. The Morgan fingerprint density at radius 3 is 2.22 bits per heavy atom. The van der Waals surface area contributed by atoms with Crippen LogP contribution < -0.4 is 5.73 Å². The summed E-state index contributed by atoms with van der Waals surface area (Å²) in [6.45, 7) is -0.190. The molecule has 0 amide bonds. The molecule has 0 aromatic carbocycles. The van der Waals surface area contributed by atoms with Gasteiger partial charge in [0.2, 0.25) is 0 Å². The molecule has 3 N–H and O–H groups in total. The van der Waals surface area contributed by atoms with Crippen molar-refractivity contribution in [3.8, 4) is 0 Å². The lowest BCUT2D eigenvalue weighted by molar-refractivity contribution is 0.319. The molecule has 0 radical (unpaired) electrons. The van der Waals surface area contributed by atoms with Gasteiger partial charge < -0.3 is 10.8 Å². The molecule has 0 aromatic heterocycles. The molecule has 56 valence electrons. The van der Waals surface area contributed by atoms with Crippen molar-refractivity contribution >= 4 is 9.84 Å². The first-order chi connectivity index (χ1) is 4.12. The molecule has 0 aliphatic carbocycles. The monoisotopic (exact) mass is 153 g/mol. The van der Waals surface area contributed by atoms with Crippen molar-refractivity contribution in [3.05, 3.63) is 0 Å². The van der Waals surface area contributed by atoms with Crippen molar-refractivity contribution in [2.24, 2.45) is 5.73 Å². The van der Waals surface area contributed by atoms with Gasteiger partial charge in [-0.3, -0.25) is 0 Å². The molecule has 0 fully saturated rings. The van der Waals surface area contributed by atoms with Crippen LogP contribution in [0.5, 0.6) is 0 Å². The van der Waals surface area contributed by atoms with Crippen LogP contribution in [0.2, 0.25) is 0 Å². The quantitative estimate of drug-likeness (QED) is 0.507. The summed E-state index contributed by atoms with van der Waals surface area (Å²) in [5.41, 5.74) is 4.98. The van der Waals surface area contributed by atoms with Crippen LogP contribution in [0.1, 0.15) is 0 Å². The minimum absolute atomic E-state index is 0.0342. The molecule has 0 aromatic rings. The maximum absolute atomic E-state index is 10.6. The van der Waals surface area contributed by atoms with Gasteiger partial charge >= 0.3 is 0 Å². The highest BCUT2D eigenvalue weighted by Crippen LogP contribution is 1.85. The SMILES string of the molecule is NCCS(=O)(=O)CCO. The number of hydrogen-bond donors (Lipinski definition) is 2. The molecular weight excluding hydrogens is 142 g/mol. The third-order valence-electron chi connectivity index (χ3n) is 0.831. The number of rotatable bonds is 4. The largest absolute Gasteiger partial charge is 0.395 e. The van der Waals surface area contributed by atoms with Crippen LogP contribution in [0.25, 0.3) is 0 Å². The molecule has 0 saturated carbocycles. The summed E-state index contributed by atoms with van der Waals surface area (Å²) in [5.74, 6) is -0.211. The van der Waals surface area contributed by atoms with Gasteiger partial charge in [-0.15, -0.1) is 0 Å². The first-order valence-corrected chi connectivity index (χ1v) is 4.46. The fourth-order valence-corrected chi connectivity index (χ4v) is 1.26. The lowest BCUT2D eigenvalue weighted by Crippen LogP contribution is -2.19. The zero-order valence-electron chi connectivity index (χ0n) is 5.08. The average Bonchev–Trinajstić information content (AvgIpc) is 1.64.